The number of fused-ring (bicyclic) bond motifs is 1. The van der Waals surface area contributed by atoms with Crippen LogP contribution in [-0.4, -0.2) is 30.1 Å². The number of nitriles is 1. The lowest BCUT2D eigenvalue weighted by molar-refractivity contribution is -0.137. The van der Waals surface area contributed by atoms with E-state index in [1.807, 2.05) is 0 Å². The van der Waals surface area contributed by atoms with E-state index in [9.17, 15) is 28.0 Å². The smallest absolute Gasteiger partial charge is 0.416 e. The van der Waals surface area contributed by atoms with Gasteiger partial charge in [0.15, 0.2) is 0 Å². The van der Waals surface area contributed by atoms with Crippen LogP contribution in [-0.2, 0) is 28.7 Å². The van der Waals surface area contributed by atoms with Crippen LogP contribution in [0.1, 0.15) is 34.1 Å². The van der Waals surface area contributed by atoms with Crippen LogP contribution in [0, 0.1) is 11.3 Å². The molecular formula is C21H18F3N3O3S. The Labute approximate surface area is 180 Å². The zero-order valence-electron chi connectivity index (χ0n) is 16.5. The number of thiophene rings is 1. The predicted octanol–water partition coefficient (Wildman–Crippen LogP) is 4.81. The first-order valence-electron chi connectivity index (χ1n) is 9.35. The number of carbonyl (C=O) groups excluding carboxylic acids is 2. The minimum Gasteiger partial charge on any atom is -0.450 e. The summed E-state index contributed by atoms with van der Waals surface area (Å²) in [4.78, 5) is 26.6. The van der Waals surface area contributed by atoms with Crippen LogP contribution < -0.4 is 5.32 Å². The quantitative estimate of drug-likeness (QED) is 0.680. The Kier molecular flexibility index (Phi) is 6.65. The molecule has 0 aliphatic carbocycles. The fraction of sp³-hybridized carbons (Fsp3) is 0.286. The van der Waals surface area contributed by atoms with Crippen LogP contribution in [0.25, 0.3) is 6.08 Å². The lowest BCUT2D eigenvalue weighted by Gasteiger charge is -2.25. The van der Waals surface area contributed by atoms with Crippen molar-refractivity contribution >= 4 is 34.4 Å². The molecule has 31 heavy (non-hydrogen) atoms. The first-order valence-corrected chi connectivity index (χ1v) is 10.2. The molecular weight excluding hydrogens is 431 g/mol. The van der Waals surface area contributed by atoms with Gasteiger partial charge in [0.2, 0.25) is 5.91 Å². The largest absolute Gasteiger partial charge is 0.450 e. The van der Waals surface area contributed by atoms with Crippen molar-refractivity contribution in [3.8, 4) is 6.07 Å². The Balaban J connectivity index is 1.73. The van der Waals surface area contributed by atoms with Crippen LogP contribution >= 0.6 is 11.3 Å². The highest BCUT2D eigenvalue weighted by Crippen LogP contribution is 2.37. The van der Waals surface area contributed by atoms with E-state index < -0.39 is 23.7 Å². The van der Waals surface area contributed by atoms with E-state index in [-0.39, 0.29) is 18.7 Å². The summed E-state index contributed by atoms with van der Waals surface area (Å²) in [6.07, 6.45) is -2.06. The number of hydrogen-bond acceptors (Lipinski definition) is 5. The molecule has 1 aliphatic rings. The monoisotopic (exact) mass is 449 g/mol. The molecule has 2 aromatic rings. The van der Waals surface area contributed by atoms with Gasteiger partial charge in [-0.3, -0.25) is 4.79 Å². The minimum atomic E-state index is -4.47. The zero-order chi connectivity index (χ0) is 22.6. The van der Waals surface area contributed by atoms with Gasteiger partial charge in [-0.1, -0.05) is 12.1 Å². The number of amides is 2. The van der Waals surface area contributed by atoms with Crippen LogP contribution in [0.4, 0.5) is 23.0 Å². The fourth-order valence-electron chi connectivity index (χ4n) is 3.12. The Morgan fingerprint density at radius 2 is 2.16 bits per heavy atom. The summed E-state index contributed by atoms with van der Waals surface area (Å²) < 4.78 is 43.4. The third kappa shape index (κ3) is 5.24. The molecule has 1 aliphatic heterocycles. The highest BCUT2D eigenvalue weighted by atomic mass is 32.1. The van der Waals surface area contributed by atoms with Gasteiger partial charge in [0, 0.05) is 17.5 Å². The number of carbonyl (C=O) groups is 2. The maximum absolute atomic E-state index is 12.8. The summed E-state index contributed by atoms with van der Waals surface area (Å²) in [6, 6.07) is 6.69. The molecule has 0 saturated carbocycles. The van der Waals surface area contributed by atoms with Crippen LogP contribution in [0.5, 0.6) is 0 Å². The average molecular weight is 449 g/mol. The van der Waals surface area contributed by atoms with Gasteiger partial charge >= 0.3 is 12.3 Å². The van der Waals surface area contributed by atoms with Crippen molar-refractivity contribution in [2.45, 2.75) is 26.1 Å². The summed E-state index contributed by atoms with van der Waals surface area (Å²) in [5.74, 6) is -0.574. The van der Waals surface area contributed by atoms with Gasteiger partial charge in [0.1, 0.15) is 11.1 Å². The normalized spacial score (nSPS) is 13.6. The number of alkyl halides is 3. The maximum atomic E-state index is 12.8. The summed E-state index contributed by atoms with van der Waals surface area (Å²) >= 11 is 1.20. The first kappa shape index (κ1) is 22.4. The van der Waals surface area contributed by atoms with Gasteiger partial charge < -0.3 is 15.0 Å². The Morgan fingerprint density at radius 1 is 1.39 bits per heavy atom. The van der Waals surface area contributed by atoms with Crippen molar-refractivity contribution in [3.63, 3.8) is 0 Å². The molecule has 6 nitrogen and oxygen atoms in total. The molecule has 2 heterocycles. The molecule has 0 bridgehead atoms. The molecule has 0 fully saturated rings. The molecule has 1 aromatic heterocycles. The van der Waals surface area contributed by atoms with E-state index in [1.165, 1.54) is 34.4 Å². The van der Waals surface area contributed by atoms with Crippen molar-refractivity contribution in [3.05, 3.63) is 57.5 Å². The van der Waals surface area contributed by atoms with Gasteiger partial charge in [-0.25, -0.2) is 4.79 Å². The Bertz CT molecular complexity index is 1070. The van der Waals surface area contributed by atoms with Crippen LogP contribution in [0.2, 0.25) is 0 Å². The number of halogens is 3. The molecule has 0 unspecified atom stereocenters. The molecule has 0 atom stereocenters. The third-order valence-corrected chi connectivity index (χ3v) is 5.70. The summed E-state index contributed by atoms with van der Waals surface area (Å²) in [5, 5.41) is 12.5. The average Bonchev–Trinajstić information content (AvgIpc) is 3.08. The number of benzene rings is 1. The minimum absolute atomic E-state index is 0.223. The summed E-state index contributed by atoms with van der Waals surface area (Å²) in [6.45, 7) is 2.66. The lowest BCUT2D eigenvalue weighted by atomic mass is 10.0. The van der Waals surface area contributed by atoms with Crippen LogP contribution in [0.15, 0.2) is 30.3 Å². The maximum Gasteiger partial charge on any atom is 0.416 e. The first-order chi connectivity index (χ1) is 14.7. The number of nitrogens with one attached hydrogen (secondary N) is 1. The van der Waals surface area contributed by atoms with Crippen molar-refractivity contribution < 1.29 is 27.5 Å². The molecule has 0 spiro atoms. The summed E-state index contributed by atoms with van der Waals surface area (Å²) in [7, 11) is 0. The number of anilines is 1. The molecule has 1 N–H and O–H groups in total. The van der Waals surface area contributed by atoms with E-state index in [2.05, 4.69) is 11.4 Å². The predicted molar refractivity (Wildman–Crippen MR) is 109 cm³/mol. The van der Waals surface area contributed by atoms with Crippen molar-refractivity contribution in [1.29, 1.82) is 5.26 Å². The Morgan fingerprint density at radius 3 is 2.84 bits per heavy atom. The van der Waals surface area contributed by atoms with E-state index in [1.54, 1.807) is 6.92 Å². The van der Waals surface area contributed by atoms with E-state index in [0.717, 1.165) is 28.6 Å². The van der Waals surface area contributed by atoms with Crippen molar-refractivity contribution in [2.75, 3.05) is 18.5 Å². The zero-order valence-corrected chi connectivity index (χ0v) is 17.3. The van der Waals surface area contributed by atoms with Gasteiger partial charge in [0.05, 0.1) is 24.3 Å². The van der Waals surface area contributed by atoms with Crippen molar-refractivity contribution in [2.24, 2.45) is 0 Å². The molecule has 1 aromatic carbocycles. The fourth-order valence-corrected chi connectivity index (χ4v) is 4.34. The standard InChI is InChI=1S/C21H18F3N3O3S/c1-2-30-20(29)27-9-8-15-16(11-25)19(31-17(15)12-27)26-18(28)7-6-13-4-3-5-14(10-13)21(22,23)24/h3-7,10H,2,8-9,12H2,1H3,(H,26,28)/b7-6+. The summed E-state index contributed by atoms with van der Waals surface area (Å²) in [5.41, 5.74) is 0.537. The molecule has 0 radical (unpaired) electrons. The van der Waals surface area contributed by atoms with Crippen molar-refractivity contribution in [1.82, 2.24) is 4.90 Å². The number of hydrogen-bond donors (Lipinski definition) is 1. The van der Waals surface area contributed by atoms with E-state index in [4.69, 9.17) is 4.74 Å². The highest BCUT2D eigenvalue weighted by Gasteiger charge is 2.30. The van der Waals surface area contributed by atoms with Gasteiger partial charge in [-0.15, -0.1) is 11.3 Å². The van der Waals surface area contributed by atoms with Crippen LogP contribution in [0.3, 0.4) is 0 Å². The molecule has 0 saturated heterocycles. The van der Waals surface area contributed by atoms with Gasteiger partial charge in [0.25, 0.3) is 0 Å². The van der Waals surface area contributed by atoms with E-state index >= 15 is 0 Å². The second-order valence-corrected chi connectivity index (χ2v) is 7.74. The highest BCUT2D eigenvalue weighted by molar-refractivity contribution is 7.16. The second-order valence-electron chi connectivity index (χ2n) is 6.64. The molecule has 3 rings (SSSR count). The number of rotatable bonds is 4. The third-order valence-electron chi connectivity index (χ3n) is 4.57. The number of ether oxygens (including phenoxy) is 1. The van der Waals surface area contributed by atoms with Gasteiger partial charge in [-0.05, 0) is 42.7 Å². The second kappa shape index (κ2) is 9.22. The SMILES string of the molecule is CCOC(=O)N1CCc2c(sc(NC(=O)/C=C/c3cccc(C(F)(F)F)c3)c2C#N)C1. The topological polar surface area (TPSA) is 82.4 Å². The molecule has 2 amide bonds. The molecule has 162 valence electrons. The lowest BCUT2D eigenvalue weighted by Crippen LogP contribution is -2.35. The Hall–Kier alpha value is -3.32. The number of nitrogens with zero attached hydrogens (tertiary/aromatic N) is 2. The molecule has 10 heteroatoms. The van der Waals surface area contributed by atoms with E-state index in [0.29, 0.717) is 23.5 Å². The van der Waals surface area contributed by atoms with Gasteiger partial charge in [-0.2, -0.15) is 18.4 Å².